The highest BCUT2D eigenvalue weighted by molar-refractivity contribution is 9.10. The highest BCUT2D eigenvalue weighted by Crippen LogP contribution is 2.34. The fraction of sp³-hybridized carbons (Fsp3) is 0.0833. The summed E-state index contributed by atoms with van der Waals surface area (Å²) in [4.78, 5) is 12.4. The Morgan fingerprint density at radius 2 is 1.89 bits per heavy atom. The van der Waals surface area contributed by atoms with Crippen molar-refractivity contribution in [3.8, 4) is 28.6 Å². The molecule has 2 N–H and O–H groups in total. The van der Waals surface area contributed by atoms with E-state index in [0.29, 0.717) is 26.8 Å². The molecule has 0 bridgehead atoms. The van der Waals surface area contributed by atoms with E-state index in [9.17, 15) is 9.90 Å². The summed E-state index contributed by atoms with van der Waals surface area (Å²) in [5.41, 5.74) is 4.94. The average molecular weight is 617 g/mol. The Morgan fingerprint density at radius 1 is 1.14 bits per heavy atom. The molecule has 0 aliphatic heterocycles. The van der Waals surface area contributed by atoms with E-state index < -0.39 is 0 Å². The summed E-state index contributed by atoms with van der Waals surface area (Å²) in [7, 11) is 1.46. The number of phenols is 1. The topological polar surface area (TPSA) is 102 Å². The zero-order valence-electron chi connectivity index (χ0n) is 18.4. The molecule has 0 unspecified atom stereocenters. The summed E-state index contributed by atoms with van der Waals surface area (Å²) in [6, 6.07) is 20.8. The van der Waals surface area contributed by atoms with Crippen LogP contribution in [0.2, 0.25) is 0 Å². The minimum Gasteiger partial charge on any atom is -0.503 e. The van der Waals surface area contributed by atoms with Gasteiger partial charge in [-0.1, -0.05) is 58.0 Å². The van der Waals surface area contributed by atoms with Gasteiger partial charge in [0.2, 0.25) is 0 Å². The highest BCUT2D eigenvalue weighted by Gasteiger charge is 2.17. The predicted octanol–water partition coefficient (Wildman–Crippen LogP) is 5.42. The smallest absolute Gasteiger partial charge is 0.250 e. The Balaban J connectivity index is 1.48. The van der Waals surface area contributed by atoms with E-state index in [-0.39, 0.29) is 17.4 Å². The van der Waals surface area contributed by atoms with Crippen LogP contribution >= 0.6 is 43.6 Å². The number of hydrazone groups is 1. The van der Waals surface area contributed by atoms with E-state index in [1.54, 1.807) is 12.1 Å². The normalized spacial score (nSPS) is 11.1. The van der Waals surface area contributed by atoms with E-state index in [2.05, 4.69) is 52.6 Å². The van der Waals surface area contributed by atoms with Crippen molar-refractivity contribution in [2.75, 3.05) is 12.9 Å². The van der Waals surface area contributed by atoms with E-state index in [4.69, 9.17) is 4.74 Å². The number of phenolic OH excluding ortho intramolecular Hbond substituents is 1. The average Bonchev–Trinajstić information content (AvgIpc) is 3.29. The van der Waals surface area contributed by atoms with Crippen LogP contribution in [0.5, 0.6) is 11.5 Å². The zero-order chi connectivity index (χ0) is 24.8. The molecule has 4 aromatic rings. The van der Waals surface area contributed by atoms with Gasteiger partial charge < -0.3 is 9.84 Å². The van der Waals surface area contributed by atoms with Gasteiger partial charge in [-0.25, -0.2) is 5.43 Å². The lowest BCUT2D eigenvalue weighted by Crippen LogP contribution is -2.20. The number of ether oxygens (including phenoxy) is 1. The van der Waals surface area contributed by atoms with Gasteiger partial charge in [0.15, 0.2) is 22.5 Å². The number of hydrogen-bond donors (Lipinski definition) is 2. The lowest BCUT2D eigenvalue weighted by Gasteiger charge is -2.10. The molecule has 35 heavy (non-hydrogen) atoms. The van der Waals surface area contributed by atoms with Crippen molar-refractivity contribution < 1.29 is 14.6 Å². The van der Waals surface area contributed by atoms with Crippen LogP contribution in [0.1, 0.15) is 5.56 Å². The van der Waals surface area contributed by atoms with Gasteiger partial charge in [-0.15, -0.1) is 10.2 Å². The van der Waals surface area contributed by atoms with E-state index >= 15 is 0 Å². The largest absolute Gasteiger partial charge is 0.503 e. The fourth-order valence-electron chi connectivity index (χ4n) is 3.12. The number of hydrogen-bond acceptors (Lipinski definition) is 7. The van der Waals surface area contributed by atoms with Crippen LogP contribution in [0.25, 0.3) is 17.1 Å². The van der Waals surface area contributed by atoms with Gasteiger partial charge in [-0.05, 0) is 57.9 Å². The number of para-hydroxylation sites is 1. The first-order valence-electron chi connectivity index (χ1n) is 10.2. The number of halogens is 2. The van der Waals surface area contributed by atoms with Crippen LogP contribution in [0.3, 0.4) is 0 Å². The Kier molecular flexibility index (Phi) is 8.21. The Labute approximate surface area is 222 Å². The third kappa shape index (κ3) is 6.11. The second kappa shape index (κ2) is 11.5. The Bertz CT molecular complexity index is 1360. The van der Waals surface area contributed by atoms with Crippen molar-refractivity contribution in [2.45, 2.75) is 5.16 Å². The number of thioether (sulfide) groups is 1. The van der Waals surface area contributed by atoms with E-state index in [1.807, 2.05) is 59.2 Å². The molecule has 1 aromatic heterocycles. The molecule has 0 aliphatic rings. The van der Waals surface area contributed by atoms with E-state index in [1.165, 1.54) is 25.1 Å². The van der Waals surface area contributed by atoms with Crippen LogP contribution in [0.15, 0.2) is 85.9 Å². The molecule has 178 valence electrons. The Morgan fingerprint density at radius 3 is 2.60 bits per heavy atom. The lowest BCUT2D eigenvalue weighted by molar-refractivity contribution is -0.118. The lowest BCUT2D eigenvalue weighted by atomic mass is 10.2. The first-order chi connectivity index (χ1) is 17.0. The molecule has 1 heterocycles. The second-order valence-electron chi connectivity index (χ2n) is 7.12. The molecule has 0 radical (unpaired) electrons. The zero-order valence-corrected chi connectivity index (χ0v) is 22.3. The molecule has 0 saturated carbocycles. The molecule has 1 amide bonds. The van der Waals surface area contributed by atoms with Gasteiger partial charge in [0, 0.05) is 15.7 Å². The molecule has 0 aliphatic carbocycles. The molecule has 3 aromatic carbocycles. The number of nitrogens with zero attached hydrogens (tertiary/aromatic N) is 4. The number of amides is 1. The van der Waals surface area contributed by atoms with Crippen LogP contribution in [-0.4, -0.2) is 44.9 Å². The molecule has 0 atom stereocenters. The number of aromatic nitrogens is 3. The van der Waals surface area contributed by atoms with Gasteiger partial charge in [0.1, 0.15) is 0 Å². The quantitative estimate of drug-likeness (QED) is 0.156. The molecule has 11 heteroatoms. The summed E-state index contributed by atoms with van der Waals surface area (Å²) in [5, 5.41) is 23.2. The number of methoxy groups -OCH3 is 1. The summed E-state index contributed by atoms with van der Waals surface area (Å²) in [5.74, 6) is 0.755. The maximum Gasteiger partial charge on any atom is 0.250 e. The van der Waals surface area contributed by atoms with Crippen molar-refractivity contribution in [3.63, 3.8) is 0 Å². The maximum absolute atomic E-state index is 12.4. The molecular formula is C24H19Br2N5O3S. The van der Waals surface area contributed by atoms with E-state index in [0.717, 1.165) is 15.7 Å². The minimum atomic E-state index is -0.302. The number of nitrogens with one attached hydrogen (secondary N) is 1. The van der Waals surface area contributed by atoms with Crippen LogP contribution in [-0.2, 0) is 4.79 Å². The molecule has 8 nitrogen and oxygen atoms in total. The number of rotatable bonds is 8. The van der Waals surface area contributed by atoms with Crippen molar-refractivity contribution in [1.82, 2.24) is 20.2 Å². The predicted molar refractivity (Wildman–Crippen MR) is 143 cm³/mol. The van der Waals surface area contributed by atoms with Crippen molar-refractivity contribution in [1.29, 1.82) is 0 Å². The molecular weight excluding hydrogens is 598 g/mol. The number of aromatic hydroxyl groups is 1. The van der Waals surface area contributed by atoms with Crippen LogP contribution in [0, 0.1) is 0 Å². The summed E-state index contributed by atoms with van der Waals surface area (Å²) in [6.07, 6.45) is 1.47. The van der Waals surface area contributed by atoms with Crippen molar-refractivity contribution in [3.05, 3.63) is 81.2 Å². The maximum atomic E-state index is 12.4. The summed E-state index contributed by atoms with van der Waals surface area (Å²) < 4.78 is 8.47. The summed E-state index contributed by atoms with van der Waals surface area (Å²) in [6.45, 7) is 0. The highest BCUT2D eigenvalue weighted by atomic mass is 79.9. The minimum absolute atomic E-state index is 0.00452. The molecule has 4 rings (SSSR count). The number of benzene rings is 3. The SMILES string of the molecule is COc1cc(/C=N/NC(=O)CSc2nnc(-c3ccc(Br)cc3)n2-c2ccccc2)cc(Br)c1O. The van der Waals surface area contributed by atoms with Gasteiger partial charge in [-0.2, -0.15) is 5.10 Å². The van der Waals surface area contributed by atoms with Gasteiger partial charge in [-0.3, -0.25) is 9.36 Å². The molecule has 0 fully saturated rings. The summed E-state index contributed by atoms with van der Waals surface area (Å²) >= 11 is 7.97. The number of carbonyl (C=O) groups is 1. The van der Waals surface area contributed by atoms with Crippen molar-refractivity contribution >= 4 is 55.7 Å². The molecule has 0 spiro atoms. The van der Waals surface area contributed by atoms with Crippen LogP contribution in [0.4, 0.5) is 0 Å². The van der Waals surface area contributed by atoms with Gasteiger partial charge >= 0.3 is 0 Å². The van der Waals surface area contributed by atoms with Gasteiger partial charge in [0.25, 0.3) is 5.91 Å². The first kappa shape index (κ1) is 25.0. The number of carbonyl (C=O) groups excluding carboxylic acids is 1. The third-order valence-corrected chi connectivity index (χ3v) is 6.82. The standard InChI is InChI=1S/C24H19Br2N5O3S/c1-34-20-12-15(11-19(26)22(20)33)13-27-28-21(32)14-35-24-30-29-23(16-7-9-17(25)10-8-16)31(24)18-5-3-2-4-6-18/h2-13,33H,14H2,1H3,(H,28,32)/b27-13+. The fourth-order valence-corrected chi connectivity index (χ4v) is 4.59. The second-order valence-corrected chi connectivity index (χ2v) is 9.83. The first-order valence-corrected chi connectivity index (χ1v) is 12.8. The van der Waals surface area contributed by atoms with Gasteiger partial charge in [0.05, 0.1) is 23.5 Å². The monoisotopic (exact) mass is 615 g/mol. The van der Waals surface area contributed by atoms with Crippen LogP contribution < -0.4 is 10.2 Å². The Hall–Kier alpha value is -3.15. The molecule has 0 saturated heterocycles. The van der Waals surface area contributed by atoms with Crippen molar-refractivity contribution in [2.24, 2.45) is 5.10 Å². The third-order valence-electron chi connectivity index (χ3n) is 4.76.